The molecule has 150 valence electrons. The summed E-state index contributed by atoms with van der Waals surface area (Å²) in [6, 6.07) is 15.8. The lowest BCUT2D eigenvalue weighted by atomic mass is 10.0. The highest BCUT2D eigenvalue weighted by Gasteiger charge is 2.30. The maximum atomic E-state index is 12.8. The third-order valence-electron chi connectivity index (χ3n) is 5.41. The SMILES string of the molecule is COc1cccc(-c2ccc(NC(=O)[C@@H]3CCCN3CCc3ncc[nH]3)cc2)c1. The maximum Gasteiger partial charge on any atom is 0.241 e. The van der Waals surface area contributed by atoms with Gasteiger partial charge in [-0.25, -0.2) is 4.98 Å². The summed E-state index contributed by atoms with van der Waals surface area (Å²) in [6.45, 7) is 1.79. The first-order valence-corrected chi connectivity index (χ1v) is 10.0. The molecular formula is C23H26N4O2. The maximum absolute atomic E-state index is 12.8. The normalized spacial score (nSPS) is 16.7. The van der Waals surface area contributed by atoms with Crippen molar-refractivity contribution < 1.29 is 9.53 Å². The van der Waals surface area contributed by atoms with Crippen molar-refractivity contribution in [2.75, 3.05) is 25.5 Å². The summed E-state index contributed by atoms with van der Waals surface area (Å²) in [4.78, 5) is 22.5. The van der Waals surface area contributed by atoms with Crippen LogP contribution in [0.3, 0.4) is 0 Å². The zero-order valence-electron chi connectivity index (χ0n) is 16.6. The number of amides is 1. The van der Waals surface area contributed by atoms with Crippen molar-refractivity contribution in [1.82, 2.24) is 14.9 Å². The Labute approximate surface area is 170 Å². The second-order valence-electron chi connectivity index (χ2n) is 7.28. The molecule has 0 saturated carbocycles. The zero-order chi connectivity index (χ0) is 20.1. The molecule has 4 rings (SSSR count). The molecule has 1 amide bonds. The molecule has 0 unspecified atom stereocenters. The van der Waals surface area contributed by atoms with Crippen molar-refractivity contribution in [1.29, 1.82) is 0 Å². The number of carbonyl (C=O) groups excluding carboxylic acids is 1. The van der Waals surface area contributed by atoms with Gasteiger partial charge in [-0.15, -0.1) is 0 Å². The molecule has 2 N–H and O–H groups in total. The molecule has 0 radical (unpaired) electrons. The molecule has 3 aromatic rings. The minimum Gasteiger partial charge on any atom is -0.497 e. The first-order chi connectivity index (χ1) is 14.2. The highest BCUT2D eigenvalue weighted by molar-refractivity contribution is 5.95. The molecule has 1 aliphatic heterocycles. The molecule has 6 nitrogen and oxygen atoms in total. The Morgan fingerprint density at radius 2 is 2.10 bits per heavy atom. The topological polar surface area (TPSA) is 70.2 Å². The molecule has 0 aliphatic carbocycles. The van der Waals surface area contributed by atoms with Crippen molar-refractivity contribution in [3.63, 3.8) is 0 Å². The number of aromatic amines is 1. The zero-order valence-corrected chi connectivity index (χ0v) is 16.6. The highest BCUT2D eigenvalue weighted by Crippen LogP contribution is 2.26. The monoisotopic (exact) mass is 390 g/mol. The van der Waals surface area contributed by atoms with E-state index in [9.17, 15) is 4.79 Å². The summed E-state index contributed by atoms with van der Waals surface area (Å²) < 4.78 is 5.30. The van der Waals surface area contributed by atoms with Gasteiger partial charge in [0.05, 0.1) is 13.2 Å². The summed E-state index contributed by atoms with van der Waals surface area (Å²) in [5, 5.41) is 3.08. The number of anilines is 1. The van der Waals surface area contributed by atoms with E-state index in [1.807, 2.05) is 54.7 Å². The van der Waals surface area contributed by atoms with E-state index in [1.165, 1.54) is 0 Å². The van der Waals surface area contributed by atoms with Gasteiger partial charge in [0.15, 0.2) is 0 Å². The number of methoxy groups -OCH3 is 1. The number of benzene rings is 2. The van der Waals surface area contributed by atoms with Crippen LogP contribution in [0.15, 0.2) is 60.9 Å². The number of aromatic nitrogens is 2. The first kappa shape index (κ1) is 19.2. The van der Waals surface area contributed by atoms with E-state index >= 15 is 0 Å². The smallest absolute Gasteiger partial charge is 0.241 e. The molecule has 1 fully saturated rings. The van der Waals surface area contributed by atoms with Gasteiger partial charge in [-0.3, -0.25) is 9.69 Å². The Kier molecular flexibility index (Phi) is 5.91. The quantitative estimate of drug-likeness (QED) is 0.645. The lowest BCUT2D eigenvalue weighted by Crippen LogP contribution is -2.40. The molecule has 1 atom stereocenters. The molecule has 2 aromatic carbocycles. The van der Waals surface area contributed by atoms with E-state index in [1.54, 1.807) is 13.3 Å². The van der Waals surface area contributed by atoms with Gasteiger partial charge in [-0.05, 0) is 54.8 Å². The fourth-order valence-corrected chi connectivity index (χ4v) is 3.85. The number of carbonyl (C=O) groups is 1. The Balaban J connectivity index is 1.37. The molecule has 1 aromatic heterocycles. The standard InChI is InChI=1S/C23H26N4O2/c1-29-20-5-2-4-18(16-20)17-7-9-19(10-8-17)26-23(28)21-6-3-14-27(21)15-11-22-24-12-13-25-22/h2,4-5,7-10,12-13,16,21H,3,6,11,14-15H2,1H3,(H,24,25)(H,26,28)/t21-/m0/s1. The number of hydrogen-bond donors (Lipinski definition) is 2. The summed E-state index contributed by atoms with van der Waals surface area (Å²) in [7, 11) is 1.67. The molecule has 0 spiro atoms. The largest absolute Gasteiger partial charge is 0.497 e. The molecule has 1 saturated heterocycles. The number of H-pyrrole nitrogens is 1. The molecule has 0 bridgehead atoms. The molecular weight excluding hydrogens is 364 g/mol. The number of rotatable bonds is 7. The van der Waals surface area contributed by atoms with E-state index in [4.69, 9.17) is 4.74 Å². The van der Waals surface area contributed by atoms with Crippen LogP contribution in [0, 0.1) is 0 Å². The van der Waals surface area contributed by atoms with E-state index < -0.39 is 0 Å². The van der Waals surface area contributed by atoms with Crippen molar-refractivity contribution in [3.8, 4) is 16.9 Å². The highest BCUT2D eigenvalue weighted by atomic mass is 16.5. The number of hydrogen-bond acceptors (Lipinski definition) is 4. The van der Waals surface area contributed by atoms with E-state index in [2.05, 4.69) is 20.2 Å². The van der Waals surface area contributed by atoms with E-state index in [0.717, 1.165) is 60.7 Å². The van der Waals surface area contributed by atoms with Crippen molar-refractivity contribution in [2.24, 2.45) is 0 Å². The Morgan fingerprint density at radius 3 is 2.86 bits per heavy atom. The minimum absolute atomic E-state index is 0.0658. The van der Waals surface area contributed by atoms with Crippen LogP contribution in [-0.4, -0.2) is 47.0 Å². The van der Waals surface area contributed by atoms with Crippen LogP contribution < -0.4 is 10.1 Å². The number of likely N-dealkylation sites (tertiary alicyclic amines) is 1. The van der Waals surface area contributed by atoms with Crippen LogP contribution in [-0.2, 0) is 11.2 Å². The summed E-state index contributed by atoms with van der Waals surface area (Å²) in [6.07, 6.45) is 6.36. The molecule has 29 heavy (non-hydrogen) atoms. The van der Waals surface area contributed by atoms with Crippen molar-refractivity contribution in [3.05, 3.63) is 66.7 Å². The third-order valence-corrected chi connectivity index (χ3v) is 5.41. The number of nitrogens with one attached hydrogen (secondary N) is 2. The molecule has 1 aliphatic rings. The van der Waals surface area contributed by atoms with Crippen LogP contribution in [0.1, 0.15) is 18.7 Å². The average molecular weight is 390 g/mol. The summed E-state index contributed by atoms with van der Waals surface area (Å²) in [5.74, 6) is 1.86. The Hall–Kier alpha value is -3.12. The second kappa shape index (κ2) is 8.92. The van der Waals surface area contributed by atoms with Crippen LogP contribution in [0.2, 0.25) is 0 Å². The van der Waals surface area contributed by atoms with E-state index in [0.29, 0.717) is 0 Å². The predicted octanol–water partition coefficient (Wildman–Crippen LogP) is 3.73. The average Bonchev–Trinajstić information content (AvgIpc) is 3.44. The van der Waals surface area contributed by atoms with Crippen LogP contribution in [0.5, 0.6) is 5.75 Å². The van der Waals surface area contributed by atoms with Crippen molar-refractivity contribution >= 4 is 11.6 Å². The lowest BCUT2D eigenvalue weighted by Gasteiger charge is -2.23. The van der Waals surface area contributed by atoms with Gasteiger partial charge in [0.1, 0.15) is 11.6 Å². The van der Waals surface area contributed by atoms with Gasteiger partial charge in [0.2, 0.25) is 5.91 Å². The van der Waals surface area contributed by atoms with Crippen LogP contribution >= 0.6 is 0 Å². The lowest BCUT2D eigenvalue weighted by molar-refractivity contribution is -0.120. The molecule has 6 heteroatoms. The fourth-order valence-electron chi connectivity index (χ4n) is 3.85. The number of imidazole rings is 1. The van der Waals surface area contributed by atoms with Gasteiger partial charge in [-0.2, -0.15) is 0 Å². The fraction of sp³-hybridized carbons (Fsp3) is 0.304. The van der Waals surface area contributed by atoms with Gasteiger partial charge in [0, 0.05) is 31.0 Å². The Bertz CT molecular complexity index is 938. The summed E-state index contributed by atoms with van der Waals surface area (Å²) >= 11 is 0. The Morgan fingerprint density at radius 1 is 1.24 bits per heavy atom. The summed E-state index contributed by atoms with van der Waals surface area (Å²) in [5.41, 5.74) is 2.99. The first-order valence-electron chi connectivity index (χ1n) is 10.0. The minimum atomic E-state index is -0.0805. The van der Waals surface area contributed by atoms with Crippen LogP contribution in [0.4, 0.5) is 5.69 Å². The number of ether oxygens (including phenoxy) is 1. The van der Waals surface area contributed by atoms with E-state index in [-0.39, 0.29) is 11.9 Å². The van der Waals surface area contributed by atoms with Crippen molar-refractivity contribution in [2.45, 2.75) is 25.3 Å². The third kappa shape index (κ3) is 4.66. The predicted molar refractivity (Wildman–Crippen MR) is 114 cm³/mol. The van der Waals surface area contributed by atoms with Gasteiger partial charge in [-0.1, -0.05) is 24.3 Å². The van der Waals surface area contributed by atoms with Gasteiger partial charge < -0.3 is 15.0 Å². The van der Waals surface area contributed by atoms with Crippen LogP contribution in [0.25, 0.3) is 11.1 Å². The number of nitrogens with zero attached hydrogens (tertiary/aromatic N) is 2. The van der Waals surface area contributed by atoms with Gasteiger partial charge in [0.25, 0.3) is 0 Å². The second-order valence-corrected chi connectivity index (χ2v) is 7.28. The molecule has 2 heterocycles. The van der Waals surface area contributed by atoms with Gasteiger partial charge >= 0.3 is 0 Å².